The Morgan fingerprint density at radius 1 is 1.56 bits per heavy atom. The van der Waals surface area contributed by atoms with Crippen LogP contribution in [0, 0.1) is 0 Å². The maximum Gasteiger partial charge on any atom is 0.329 e. The largest absolute Gasteiger partial charge is 0.383 e. The van der Waals surface area contributed by atoms with E-state index in [0.717, 1.165) is 0 Å². The van der Waals surface area contributed by atoms with Gasteiger partial charge >= 0.3 is 6.03 Å². The van der Waals surface area contributed by atoms with Gasteiger partial charge in [0.1, 0.15) is 6.54 Å². The van der Waals surface area contributed by atoms with Gasteiger partial charge in [0, 0.05) is 13.3 Å². The molecule has 1 fully saturated rings. The Bertz CT molecular complexity index is 415. The van der Waals surface area contributed by atoms with Gasteiger partial charge in [-0.05, 0) is 0 Å². The zero-order chi connectivity index (χ0) is 11.5. The van der Waals surface area contributed by atoms with Crippen molar-refractivity contribution in [3.63, 3.8) is 0 Å². The third-order valence-electron chi connectivity index (χ3n) is 2.25. The normalized spacial score (nSPS) is 15.7. The van der Waals surface area contributed by atoms with E-state index >= 15 is 0 Å². The van der Waals surface area contributed by atoms with Crippen LogP contribution in [0.15, 0.2) is 12.4 Å². The number of hydrogen-bond donors (Lipinski definition) is 1. The SMILES string of the molecule is COCCn1cc(N2CC(=O)NC2=O)cn1. The van der Waals surface area contributed by atoms with Gasteiger partial charge in [0.2, 0.25) is 5.91 Å². The fourth-order valence-electron chi connectivity index (χ4n) is 1.45. The van der Waals surface area contributed by atoms with Gasteiger partial charge in [0.05, 0.1) is 25.0 Å². The number of methoxy groups -OCH3 is 1. The first-order chi connectivity index (χ1) is 7.70. The molecule has 1 aliphatic heterocycles. The first-order valence-electron chi connectivity index (χ1n) is 4.83. The first kappa shape index (κ1) is 10.6. The molecule has 2 heterocycles. The van der Waals surface area contributed by atoms with Crippen molar-refractivity contribution in [3.05, 3.63) is 12.4 Å². The highest BCUT2D eigenvalue weighted by molar-refractivity contribution is 6.12. The van der Waals surface area contributed by atoms with E-state index in [2.05, 4.69) is 10.4 Å². The van der Waals surface area contributed by atoms with Gasteiger partial charge in [-0.15, -0.1) is 0 Å². The summed E-state index contributed by atoms with van der Waals surface area (Å²) in [6.45, 7) is 1.21. The minimum Gasteiger partial charge on any atom is -0.383 e. The summed E-state index contributed by atoms with van der Waals surface area (Å²) >= 11 is 0. The molecule has 0 radical (unpaired) electrons. The van der Waals surface area contributed by atoms with Gasteiger partial charge in [-0.3, -0.25) is 19.7 Å². The average Bonchev–Trinajstić information content (AvgIpc) is 2.82. The summed E-state index contributed by atoms with van der Waals surface area (Å²) in [6.07, 6.45) is 3.26. The van der Waals surface area contributed by atoms with E-state index in [4.69, 9.17) is 4.74 Å². The molecule has 1 aliphatic rings. The van der Waals surface area contributed by atoms with Crippen molar-refractivity contribution in [2.75, 3.05) is 25.2 Å². The number of carbonyl (C=O) groups excluding carboxylic acids is 2. The number of urea groups is 1. The molecule has 16 heavy (non-hydrogen) atoms. The highest BCUT2D eigenvalue weighted by Crippen LogP contribution is 2.15. The lowest BCUT2D eigenvalue weighted by atomic mass is 10.5. The molecule has 0 aromatic carbocycles. The molecule has 1 saturated heterocycles. The minimum absolute atomic E-state index is 0.0504. The van der Waals surface area contributed by atoms with Crippen LogP contribution in [0.1, 0.15) is 0 Å². The zero-order valence-electron chi connectivity index (χ0n) is 8.84. The van der Waals surface area contributed by atoms with Crippen molar-refractivity contribution in [2.24, 2.45) is 0 Å². The van der Waals surface area contributed by atoms with Gasteiger partial charge in [-0.2, -0.15) is 5.10 Å². The number of hydrogen-bond acceptors (Lipinski definition) is 4. The van der Waals surface area contributed by atoms with E-state index in [0.29, 0.717) is 18.8 Å². The van der Waals surface area contributed by atoms with Gasteiger partial charge < -0.3 is 4.74 Å². The molecule has 1 aromatic rings. The summed E-state index contributed by atoms with van der Waals surface area (Å²) in [7, 11) is 1.61. The molecular formula is C9H12N4O3. The molecule has 86 valence electrons. The van der Waals surface area contributed by atoms with Gasteiger partial charge in [0.25, 0.3) is 0 Å². The molecule has 7 nitrogen and oxygen atoms in total. The lowest BCUT2D eigenvalue weighted by Crippen LogP contribution is -2.27. The zero-order valence-corrected chi connectivity index (χ0v) is 8.84. The van der Waals surface area contributed by atoms with Crippen LogP contribution in [0.3, 0.4) is 0 Å². The Kier molecular flexibility index (Phi) is 2.86. The van der Waals surface area contributed by atoms with Crippen molar-refractivity contribution in [1.29, 1.82) is 0 Å². The number of imide groups is 1. The maximum absolute atomic E-state index is 11.3. The molecule has 0 bridgehead atoms. The molecule has 1 aromatic heterocycles. The van der Waals surface area contributed by atoms with Crippen LogP contribution in [0.2, 0.25) is 0 Å². The van der Waals surface area contributed by atoms with Crippen LogP contribution in [-0.2, 0) is 16.1 Å². The average molecular weight is 224 g/mol. The Hall–Kier alpha value is -1.89. The number of rotatable bonds is 4. The summed E-state index contributed by atoms with van der Waals surface area (Å²) in [5.74, 6) is -0.297. The van der Waals surface area contributed by atoms with E-state index in [-0.39, 0.29) is 12.5 Å². The van der Waals surface area contributed by atoms with Crippen LogP contribution in [0.5, 0.6) is 0 Å². The highest BCUT2D eigenvalue weighted by atomic mass is 16.5. The summed E-state index contributed by atoms with van der Waals surface area (Å²) in [5.41, 5.74) is 0.611. The molecule has 0 unspecified atom stereocenters. The topological polar surface area (TPSA) is 76.5 Å². The van der Waals surface area contributed by atoms with Crippen molar-refractivity contribution >= 4 is 17.6 Å². The lowest BCUT2D eigenvalue weighted by molar-refractivity contribution is -0.117. The first-order valence-corrected chi connectivity index (χ1v) is 4.83. The summed E-state index contributed by atoms with van der Waals surface area (Å²) in [4.78, 5) is 23.7. The molecule has 2 rings (SSSR count). The third kappa shape index (κ3) is 2.03. The number of aromatic nitrogens is 2. The van der Waals surface area contributed by atoms with Gasteiger partial charge in [-0.25, -0.2) is 4.79 Å². The number of nitrogens with zero attached hydrogens (tertiary/aromatic N) is 3. The predicted octanol–water partition coefficient (Wildman–Crippen LogP) is -0.414. The smallest absolute Gasteiger partial charge is 0.329 e. The van der Waals surface area contributed by atoms with E-state index in [1.54, 1.807) is 24.2 Å². The monoisotopic (exact) mass is 224 g/mol. The van der Waals surface area contributed by atoms with Crippen molar-refractivity contribution in [2.45, 2.75) is 6.54 Å². The van der Waals surface area contributed by atoms with E-state index in [1.807, 2.05) is 0 Å². The lowest BCUT2D eigenvalue weighted by Gasteiger charge is -2.08. The predicted molar refractivity (Wildman–Crippen MR) is 55.0 cm³/mol. The van der Waals surface area contributed by atoms with Crippen molar-refractivity contribution in [3.8, 4) is 0 Å². The van der Waals surface area contributed by atoms with Crippen LogP contribution in [-0.4, -0.2) is 42.0 Å². The standard InChI is InChI=1S/C9H12N4O3/c1-16-3-2-12-5-7(4-10-12)13-6-8(14)11-9(13)15/h4-5H,2-3,6H2,1H3,(H,11,14,15). The highest BCUT2D eigenvalue weighted by Gasteiger charge is 2.28. The summed E-state index contributed by atoms with van der Waals surface area (Å²) < 4.78 is 6.57. The minimum atomic E-state index is -0.406. The quantitative estimate of drug-likeness (QED) is 0.705. The summed E-state index contributed by atoms with van der Waals surface area (Å²) in [6, 6.07) is -0.406. The molecule has 0 aliphatic carbocycles. The molecular weight excluding hydrogens is 212 g/mol. The molecule has 0 atom stereocenters. The molecule has 7 heteroatoms. The second-order valence-electron chi connectivity index (χ2n) is 3.39. The maximum atomic E-state index is 11.3. The Balaban J connectivity index is 2.07. The van der Waals surface area contributed by atoms with Gasteiger partial charge in [0.15, 0.2) is 0 Å². The number of anilines is 1. The number of nitrogens with one attached hydrogen (secondary N) is 1. The molecule has 3 amide bonds. The second kappa shape index (κ2) is 4.31. The summed E-state index contributed by atoms with van der Waals surface area (Å²) in [5, 5.41) is 6.27. The van der Waals surface area contributed by atoms with Crippen LogP contribution >= 0.6 is 0 Å². The van der Waals surface area contributed by atoms with E-state index in [1.165, 1.54) is 4.90 Å². The second-order valence-corrected chi connectivity index (χ2v) is 3.39. The van der Waals surface area contributed by atoms with Crippen LogP contribution < -0.4 is 10.2 Å². The fraction of sp³-hybridized carbons (Fsp3) is 0.444. The Morgan fingerprint density at radius 3 is 3.00 bits per heavy atom. The van der Waals surface area contributed by atoms with E-state index < -0.39 is 6.03 Å². The number of amides is 3. The Morgan fingerprint density at radius 2 is 2.38 bits per heavy atom. The van der Waals surface area contributed by atoms with Gasteiger partial charge in [-0.1, -0.05) is 0 Å². The molecule has 0 spiro atoms. The van der Waals surface area contributed by atoms with Crippen LogP contribution in [0.25, 0.3) is 0 Å². The molecule has 0 saturated carbocycles. The van der Waals surface area contributed by atoms with E-state index in [9.17, 15) is 9.59 Å². The number of ether oxygens (including phenoxy) is 1. The van der Waals surface area contributed by atoms with Crippen molar-refractivity contribution < 1.29 is 14.3 Å². The third-order valence-corrected chi connectivity index (χ3v) is 2.25. The van der Waals surface area contributed by atoms with Crippen LogP contribution in [0.4, 0.5) is 10.5 Å². The number of carbonyl (C=O) groups is 2. The van der Waals surface area contributed by atoms with Crippen molar-refractivity contribution in [1.82, 2.24) is 15.1 Å². The molecule has 1 N–H and O–H groups in total. The fourth-order valence-corrected chi connectivity index (χ4v) is 1.45. The Labute approximate surface area is 92.0 Å².